The van der Waals surface area contributed by atoms with Crippen LogP contribution in [0.2, 0.25) is 0 Å². The number of carbonyl (C=O) groups excluding carboxylic acids is 2. The van der Waals surface area contributed by atoms with Crippen molar-refractivity contribution < 1.29 is 19.1 Å². The molecule has 5 heteroatoms. The number of nitrogens with one attached hydrogen (secondary N) is 1. The number of fused-ring (bicyclic) bond motifs is 2. The molecule has 2 aliphatic carbocycles. The van der Waals surface area contributed by atoms with Crippen LogP contribution in [0.15, 0.2) is 66.7 Å². The molecule has 0 saturated heterocycles. The van der Waals surface area contributed by atoms with E-state index in [1.54, 1.807) is 43.5 Å². The van der Waals surface area contributed by atoms with Crippen LogP contribution >= 0.6 is 0 Å². The minimum atomic E-state index is -0.997. The first-order valence-corrected chi connectivity index (χ1v) is 9.52. The number of rotatable bonds is 6. The minimum absolute atomic E-state index is 0.161. The number of allylic oxidation sites excluding steroid dienone is 2. The van der Waals surface area contributed by atoms with Crippen molar-refractivity contribution >= 4 is 17.6 Å². The van der Waals surface area contributed by atoms with Gasteiger partial charge in [-0.05, 0) is 36.8 Å². The Kier molecular flexibility index (Phi) is 5.15. The Balaban J connectivity index is 1.52. The molecule has 0 heterocycles. The largest absolute Gasteiger partial charge is 0.497 e. The maximum absolute atomic E-state index is 13.0. The molecule has 2 aromatic rings. The highest BCUT2D eigenvalue weighted by Gasteiger charge is 2.42. The van der Waals surface area contributed by atoms with E-state index in [1.165, 1.54) is 0 Å². The number of carbonyl (C=O) groups is 2. The number of benzene rings is 2. The van der Waals surface area contributed by atoms with Gasteiger partial charge in [-0.25, -0.2) is 0 Å². The van der Waals surface area contributed by atoms with Gasteiger partial charge in [-0.3, -0.25) is 9.59 Å². The van der Waals surface area contributed by atoms with Crippen LogP contribution in [0.1, 0.15) is 24.5 Å². The molecule has 1 amide bonds. The Morgan fingerprint density at radius 2 is 1.86 bits per heavy atom. The van der Waals surface area contributed by atoms with E-state index in [9.17, 15) is 9.59 Å². The van der Waals surface area contributed by atoms with E-state index in [4.69, 9.17) is 9.47 Å². The fourth-order valence-corrected chi connectivity index (χ4v) is 4.06. The molecule has 2 bridgehead atoms. The average Bonchev–Trinajstić information content (AvgIpc) is 3.36. The predicted octanol–water partition coefficient (Wildman–Crippen LogP) is 4.13. The SMILES string of the molecule is COc1cccc(NC(=O)[C@@H](OC(=O)[C@@H]2C[C@H]3C=C[C@H]2C3)c2ccccc2)c1. The third-order valence-corrected chi connectivity index (χ3v) is 5.49. The van der Waals surface area contributed by atoms with Crippen molar-refractivity contribution in [3.63, 3.8) is 0 Å². The summed E-state index contributed by atoms with van der Waals surface area (Å²) in [5, 5.41) is 2.83. The molecule has 1 fully saturated rings. The van der Waals surface area contributed by atoms with Gasteiger partial charge in [0.2, 0.25) is 6.10 Å². The normalized spacial score (nSPS) is 23.2. The molecule has 4 rings (SSSR count). The monoisotopic (exact) mass is 377 g/mol. The van der Waals surface area contributed by atoms with Crippen molar-refractivity contribution in [3.8, 4) is 5.75 Å². The van der Waals surface area contributed by atoms with Gasteiger partial charge < -0.3 is 14.8 Å². The summed E-state index contributed by atoms with van der Waals surface area (Å²) in [6.45, 7) is 0. The lowest BCUT2D eigenvalue weighted by molar-refractivity contribution is -0.159. The molecule has 28 heavy (non-hydrogen) atoms. The fraction of sp³-hybridized carbons (Fsp3) is 0.304. The first-order chi connectivity index (χ1) is 13.6. The maximum Gasteiger partial charge on any atom is 0.310 e. The van der Waals surface area contributed by atoms with E-state index in [2.05, 4.69) is 17.5 Å². The van der Waals surface area contributed by atoms with Crippen molar-refractivity contribution in [2.45, 2.75) is 18.9 Å². The Morgan fingerprint density at radius 3 is 2.54 bits per heavy atom. The number of hydrogen-bond donors (Lipinski definition) is 1. The zero-order chi connectivity index (χ0) is 19.5. The Morgan fingerprint density at radius 1 is 1.04 bits per heavy atom. The second kappa shape index (κ2) is 7.89. The number of anilines is 1. The summed E-state index contributed by atoms with van der Waals surface area (Å²) in [5.41, 5.74) is 1.24. The van der Waals surface area contributed by atoms with Crippen LogP contribution in [-0.2, 0) is 14.3 Å². The van der Waals surface area contributed by atoms with Crippen LogP contribution in [0, 0.1) is 17.8 Å². The molecule has 0 unspecified atom stereocenters. The Hall–Kier alpha value is -3.08. The number of methoxy groups -OCH3 is 1. The summed E-state index contributed by atoms with van der Waals surface area (Å²) in [4.78, 5) is 25.8. The standard InChI is InChI=1S/C23H23NO4/c1-27-19-9-5-8-18(14-19)24-22(25)21(16-6-3-2-4-7-16)28-23(26)20-13-15-10-11-17(20)12-15/h2-11,14-15,17,20-21H,12-13H2,1H3,(H,24,25)/t15-,17-,20+,21-/m0/s1. The molecule has 144 valence electrons. The topological polar surface area (TPSA) is 64.6 Å². The number of esters is 1. The van der Waals surface area contributed by atoms with Crippen LogP contribution in [0.4, 0.5) is 5.69 Å². The zero-order valence-corrected chi connectivity index (χ0v) is 15.7. The van der Waals surface area contributed by atoms with E-state index in [0.717, 1.165) is 12.8 Å². The predicted molar refractivity (Wildman–Crippen MR) is 106 cm³/mol. The van der Waals surface area contributed by atoms with E-state index in [0.29, 0.717) is 22.9 Å². The van der Waals surface area contributed by atoms with Gasteiger partial charge in [0.05, 0.1) is 13.0 Å². The van der Waals surface area contributed by atoms with E-state index >= 15 is 0 Å². The van der Waals surface area contributed by atoms with Crippen molar-refractivity contribution in [2.24, 2.45) is 17.8 Å². The van der Waals surface area contributed by atoms with Crippen molar-refractivity contribution in [1.29, 1.82) is 0 Å². The lowest BCUT2D eigenvalue weighted by atomic mass is 9.93. The second-order valence-electron chi connectivity index (χ2n) is 7.34. The molecule has 2 aliphatic rings. The van der Waals surface area contributed by atoms with Crippen molar-refractivity contribution in [2.75, 3.05) is 12.4 Å². The summed E-state index contributed by atoms with van der Waals surface area (Å²) in [6, 6.07) is 16.2. The smallest absolute Gasteiger partial charge is 0.310 e. The van der Waals surface area contributed by atoms with E-state index in [-0.39, 0.29) is 23.7 Å². The first kappa shape index (κ1) is 18.3. The van der Waals surface area contributed by atoms with Crippen LogP contribution in [0.3, 0.4) is 0 Å². The van der Waals surface area contributed by atoms with Gasteiger partial charge in [-0.15, -0.1) is 0 Å². The van der Waals surface area contributed by atoms with Gasteiger partial charge in [-0.2, -0.15) is 0 Å². The quantitative estimate of drug-likeness (QED) is 0.607. The Labute approximate surface area is 164 Å². The maximum atomic E-state index is 13.0. The molecule has 0 spiro atoms. The summed E-state index contributed by atoms with van der Waals surface area (Å²) in [7, 11) is 1.57. The van der Waals surface area contributed by atoms with Crippen molar-refractivity contribution in [3.05, 3.63) is 72.3 Å². The molecule has 1 saturated carbocycles. The molecular formula is C23H23NO4. The fourth-order valence-electron chi connectivity index (χ4n) is 4.06. The second-order valence-corrected chi connectivity index (χ2v) is 7.34. The molecule has 2 aromatic carbocycles. The summed E-state index contributed by atoms with van der Waals surface area (Å²) in [6.07, 6.45) is 5.10. The highest BCUT2D eigenvalue weighted by atomic mass is 16.5. The lowest BCUT2D eigenvalue weighted by Crippen LogP contribution is -2.30. The third-order valence-electron chi connectivity index (χ3n) is 5.49. The summed E-state index contributed by atoms with van der Waals surface area (Å²) >= 11 is 0. The number of ether oxygens (including phenoxy) is 2. The van der Waals surface area contributed by atoms with Crippen LogP contribution < -0.4 is 10.1 Å². The third kappa shape index (κ3) is 3.79. The van der Waals surface area contributed by atoms with Gasteiger partial charge in [0.1, 0.15) is 5.75 Å². The lowest BCUT2D eigenvalue weighted by Gasteiger charge is -2.22. The summed E-state index contributed by atoms with van der Waals surface area (Å²) < 4.78 is 10.9. The van der Waals surface area contributed by atoms with Gasteiger partial charge in [0.15, 0.2) is 0 Å². The van der Waals surface area contributed by atoms with Gasteiger partial charge in [0.25, 0.3) is 5.91 Å². The molecule has 0 radical (unpaired) electrons. The minimum Gasteiger partial charge on any atom is -0.497 e. The van der Waals surface area contributed by atoms with E-state index < -0.39 is 6.10 Å². The summed E-state index contributed by atoms with van der Waals surface area (Å²) in [5.74, 6) is 0.488. The highest BCUT2D eigenvalue weighted by molar-refractivity contribution is 5.96. The van der Waals surface area contributed by atoms with E-state index in [1.807, 2.05) is 18.2 Å². The molecule has 1 N–H and O–H groups in total. The zero-order valence-electron chi connectivity index (χ0n) is 15.7. The van der Waals surface area contributed by atoms with Crippen LogP contribution in [-0.4, -0.2) is 19.0 Å². The number of hydrogen-bond acceptors (Lipinski definition) is 4. The van der Waals surface area contributed by atoms with Gasteiger partial charge in [0, 0.05) is 17.3 Å². The van der Waals surface area contributed by atoms with Gasteiger partial charge >= 0.3 is 5.97 Å². The van der Waals surface area contributed by atoms with Crippen LogP contribution in [0.25, 0.3) is 0 Å². The number of amides is 1. The van der Waals surface area contributed by atoms with Crippen molar-refractivity contribution in [1.82, 2.24) is 0 Å². The Bertz CT molecular complexity index is 892. The molecule has 0 aliphatic heterocycles. The van der Waals surface area contributed by atoms with Crippen LogP contribution in [0.5, 0.6) is 5.75 Å². The molecule has 0 aromatic heterocycles. The first-order valence-electron chi connectivity index (χ1n) is 9.52. The molecule has 5 nitrogen and oxygen atoms in total. The average molecular weight is 377 g/mol. The van der Waals surface area contributed by atoms with Gasteiger partial charge in [-0.1, -0.05) is 48.6 Å². The molecular weight excluding hydrogens is 354 g/mol. The highest BCUT2D eigenvalue weighted by Crippen LogP contribution is 2.44. The molecule has 4 atom stereocenters.